The minimum atomic E-state index is -0.657. The minimum Gasteiger partial charge on any atom is -0.493 e. The number of fused-ring (bicyclic) bond motifs is 2. The van der Waals surface area contributed by atoms with Crippen LogP contribution in [0, 0.1) is 11.6 Å². The lowest BCUT2D eigenvalue weighted by molar-refractivity contribution is -0.120. The van der Waals surface area contributed by atoms with Crippen LogP contribution in [0.1, 0.15) is 0 Å². The molecule has 198 valence electrons. The number of hydrogen-bond acceptors (Lipinski definition) is 7. The minimum absolute atomic E-state index is 0.0326. The number of rotatable bonds is 7. The van der Waals surface area contributed by atoms with Gasteiger partial charge in [-0.1, -0.05) is 6.07 Å². The van der Waals surface area contributed by atoms with Gasteiger partial charge in [0.1, 0.15) is 29.7 Å². The van der Waals surface area contributed by atoms with Gasteiger partial charge in [0.2, 0.25) is 5.91 Å². The molecule has 0 aliphatic carbocycles. The zero-order chi connectivity index (χ0) is 27.5. The van der Waals surface area contributed by atoms with Crippen LogP contribution < -0.4 is 24.8 Å². The van der Waals surface area contributed by atoms with E-state index in [9.17, 15) is 13.6 Å². The van der Waals surface area contributed by atoms with Gasteiger partial charge in [0.15, 0.2) is 16.6 Å². The largest absolute Gasteiger partial charge is 0.493 e. The van der Waals surface area contributed by atoms with Crippen LogP contribution in [0.25, 0.3) is 21.8 Å². The van der Waals surface area contributed by atoms with Crippen molar-refractivity contribution in [3.63, 3.8) is 0 Å². The molecule has 3 aromatic carbocycles. The molecule has 0 aliphatic rings. The molecule has 0 aliphatic heterocycles. The molecule has 0 fully saturated rings. The number of nitrogens with one attached hydrogen (secondary N) is 2. The van der Waals surface area contributed by atoms with Crippen molar-refractivity contribution in [2.24, 2.45) is 0 Å². The first-order valence-electron chi connectivity index (χ1n) is 11.6. The number of carbonyl (C=O) groups is 1. The van der Waals surface area contributed by atoms with Gasteiger partial charge in [0.05, 0.1) is 42.5 Å². The van der Waals surface area contributed by atoms with Gasteiger partial charge in [-0.05, 0) is 48.6 Å². The molecule has 12 heteroatoms. The predicted octanol–water partition coefficient (Wildman–Crippen LogP) is 5.19. The van der Waals surface area contributed by atoms with Crippen molar-refractivity contribution in [1.29, 1.82) is 0 Å². The molecule has 0 spiro atoms. The van der Waals surface area contributed by atoms with E-state index in [4.69, 9.17) is 26.4 Å². The van der Waals surface area contributed by atoms with Gasteiger partial charge >= 0.3 is 0 Å². The third-order valence-electron chi connectivity index (χ3n) is 5.80. The molecule has 2 heterocycles. The third kappa shape index (κ3) is 5.41. The number of pyridine rings is 1. The van der Waals surface area contributed by atoms with Crippen LogP contribution >= 0.6 is 12.2 Å². The fraction of sp³-hybridized carbons (Fsp3) is 0.111. The molecule has 2 aromatic heterocycles. The SMILES string of the molecule is COc1cc2nccc(Oc3ccc(NC(=S)NC(=O)Cn4ncc5c(F)cccc54)c(F)c3)c2cc1OC. The average molecular weight is 550 g/mol. The summed E-state index contributed by atoms with van der Waals surface area (Å²) < 4.78 is 46.7. The second-order valence-electron chi connectivity index (χ2n) is 8.25. The second-order valence-corrected chi connectivity index (χ2v) is 8.66. The van der Waals surface area contributed by atoms with Gasteiger partial charge in [-0.15, -0.1) is 0 Å². The molecule has 0 radical (unpaired) electrons. The van der Waals surface area contributed by atoms with E-state index in [1.807, 2.05) is 0 Å². The van der Waals surface area contributed by atoms with E-state index >= 15 is 0 Å². The summed E-state index contributed by atoms with van der Waals surface area (Å²) in [5.74, 6) is 0.0800. The van der Waals surface area contributed by atoms with Gasteiger partial charge in [-0.2, -0.15) is 5.10 Å². The molecule has 2 N–H and O–H groups in total. The molecule has 5 rings (SSSR count). The van der Waals surface area contributed by atoms with Crippen LogP contribution in [0.2, 0.25) is 0 Å². The van der Waals surface area contributed by atoms with Crippen molar-refractivity contribution in [2.75, 3.05) is 19.5 Å². The van der Waals surface area contributed by atoms with E-state index in [1.54, 1.807) is 36.5 Å². The maximum atomic E-state index is 14.9. The van der Waals surface area contributed by atoms with E-state index in [-0.39, 0.29) is 23.1 Å². The maximum Gasteiger partial charge on any atom is 0.247 e. The quantitative estimate of drug-likeness (QED) is 0.268. The van der Waals surface area contributed by atoms with E-state index in [0.29, 0.717) is 39.1 Å². The molecule has 1 amide bonds. The monoisotopic (exact) mass is 549 g/mol. The first kappa shape index (κ1) is 25.8. The Labute approximate surface area is 226 Å². The summed E-state index contributed by atoms with van der Waals surface area (Å²) in [6.45, 7) is -0.208. The number of methoxy groups -OCH3 is 2. The van der Waals surface area contributed by atoms with Crippen molar-refractivity contribution in [3.05, 3.63) is 78.6 Å². The Bertz CT molecular complexity index is 1730. The van der Waals surface area contributed by atoms with E-state index < -0.39 is 17.5 Å². The number of ether oxygens (including phenoxy) is 3. The van der Waals surface area contributed by atoms with E-state index in [0.717, 1.165) is 0 Å². The number of thiocarbonyl (C=S) groups is 1. The number of anilines is 1. The molecule has 0 unspecified atom stereocenters. The first-order chi connectivity index (χ1) is 18.9. The highest BCUT2D eigenvalue weighted by Gasteiger charge is 2.14. The number of halogens is 2. The van der Waals surface area contributed by atoms with Crippen molar-refractivity contribution < 1.29 is 27.8 Å². The Hall–Kier alpha value is -4.84. The fourth-order valence-electron chi connectivity index (χ4n) is 3.97. The molecular weight excluding hydrogens is 528 g/mol. The molecule has 0 bridgehead atoms. The van der Waals surface area contributed by atoms with Crippen LogP contribution in [0.4, 0.5) is 14.5 Å². The number of benzene rings is 3. The smallest absolute Gasteiger partial charge is 0.247 e. The Morgan fingerprint density at radius 1 is 0.974 bits per heavy atom. The summed E-state index contributed by atoms with van der Waals surface area (Å²) in [4.78, 5) is 16.8. The molecule has 9 nitrogen and oxygen atoms in total. The van der Waals surface area contributed by atoms with Crippen molar-refractivity contribution >= 4 is 50.7 Å². The third-order valence-corrected chi connectivity index (χ3v) is 6.01. The summed E-state index contributed by atoms with van der Waals surface area (Å²) in [7, 11) is 3.05. The van der Waals surface area contributed by atoms with Crippen LogP contribution in [0.5, 0.6) is 23.0 Å². The summed E-state index contributed by atoms with van der Waals surface area (Å²) in [5, 5.41) is 10.00. The Morgan fingerprint density at radius 2 is 1.77 bits per heavy atom. The average Bonchev–Trinajstić information content (AvgIpc) is 3.33. The maximum absolute atomic E-state index is 14.9. The van der Waals surface area contributed by atoms with Gasteiger partial charge in [0.25, 0.3) is 0 Å². The number of hydrogen-bond donors (Lipinski definition) is 2. The molecular formula is C27H21F2N5O4S. The summed E-state index contributed by atoms with van der Waals surface area (Å²) >= 11 is 5.16. The molecule has 5 aromatic rings. The van der Waals surface area contributed by atoms with Gasteiger partial charge in [0, 0.05) is 23.7 Å². The van der Waals surface area contributed by atoms with Crippen LogP contribution in [0.15, 0.2) is 67.0 Å². The second kappa shape index (κ2) is 10.9. The summed E-state index contributed by atoms with van der Waals surface area (Å²) in [6, 6.07) is 13.8. The standard InChI is InChI=1S/C27H21F2N5O4S/c1-36-24-11-16-21(12-25(24)37-2)30-9-8-23(16)38-15-6-7-20(19(29)10-15)32-27(39)33-26(35)14-34-22-5-3-4-18(28)17(22)13-31-34/h3-13H,14H2,1-2H3,(H2,32,33,35,39). The number of carbonyl (C=O) groups excluding carboxylic acids is 1. The number of nitrogens with zero attached hydrogens (tertiary/aromatic N) is 3. The van der Waals surface area contributed by atoms with Crippen LogP contribution in [-0.2, 0) is 11.3 Å². The number of aromatic nitrogens is 3. The lowest BCUT2D eigenvalue weighted by atomic mass is 10.2. The van der Waals surface area contributed by atoms with Crippen LogP contribution in [0.3, 0.4) is 0 Å². The van der Waals surface area contributed by atoms with Crippen molar-refractivity contribution in [3.8, 4) is 23.0 Å². The zero-order valence-electron chi connectivity index (χ0n) is 20.7. The normalized spacial score (nSPS) is 10.9. The van der Waals surface area contributed by atoms with Crippen molar-refractivity contribution in [2.45, 2.75) is 6.54 Å². The highest BCUT2D eigenvalue weighted by molar-refractivity contribution is 7.80. The lowest BCUT2D eigenvalue weighted by Gasteiger charge is -2.14. The highest BCUT2D eigenvalue weighted by Crippen LogP contribution is 2.37. The van der Waals surface area contributed by atoms with Crippen LogP contribution in [-0.4, -0.2) is 40.0 Å². The van der Waals surface area contributed by atoms with Gasteiger partial charge in [-0.25, -0.2) is 8.78 Å². The molecule has 39 heavy (non-hydrogen) atoms. The first-order valence-corrected chi connectivity index (χ1v) is 12.0. The summed E-state index contributed by atoms with van der Waals surface area (Å²) in [5.41, 5.74) is 1.11. The Morgan fingerprint density at radius 3 is 2.54 bits per heavy atom. The van der Waals surface area contributed by atoms with E-state index in [2.05, 4.69) is 20.7 Å². The Kier molecular flexibility index (Phi) is 7.19. The molecule has 0 atom stereocenters. The van der Waals surface area contributed by atoms with Gasteiger partial charge < -0.3 is 24.8 Å². The molecule has 0 saturated carbocycles. The highest BCUT2D eigenvalue weighted by atomic mass is 32.1. The van der Waals surface area contributed by atoms with E-state index in [1.165, 1.54) is 49.4 Å². The Balaban J connectivity index is 1.26. The summed E-state index contributed by atoms with van der Waals surface area (Å²) in [6.07, 6.45) is 2.91. The fourth-order valence-corrected chi connectivity index (χ4v) is 4.20. The zero-order valence-corrected chi connectivity index (χ0v) is 21.5. The lowest BCUT2D eigenvalue weighted by Crippen LogP contribution is -2.36. The topological polar surface area (TPSA) is 99.5 Å². The number of amides is 1. The predicted molar refractivity (Wildman–Crippen MR) is 145 cm³/mol. The van der Waals surface area contributed by atoms with Crippen molar-refractivity contribution in [1.82, 2.24) is 20.1 Å². The molecule has 0 saturated heterocycles. The van der Waals surface area contributed by atoms with Gasteiger partial charge in [-0.3, -0.25) is 14.5 Å².